The van der Waals surface area contributed by atoms with Gasteiger partial charge in [0.1, 0.15) is 5.75 Å². The molecule has 5 nitrogen and oxygen atoms in total. The van der Waals surface area contributed by atoms with Crippen molar-refractivity contribution in [1.82, 2.24) is 0 Å². The van der Waals surface area contributed by atoms with Crippen molar-refractivity contribution >= 4 is 56.5 Å². The van der Waals surface area contributed by atoms with Crippen molar-refractivity contribution in [1.29, 1.82) is 0 Å². The van der Waals surface area contributed by atoms with E-state index in [1.54, 1.807) is 0 Å². The summed E-state index contributed by atoms with van der Waals surface area (Å²) in [6, 6.07) is 11.7. The minimum atomic E-state index is -5.09. The van der Waals surface area contributed by atoms with Crippen molar-refractivity contribution in [2.75, 3.05) is 0 Å². The van der Waals surface area contributed by atoms with E-state index in [-0.39, 0.29) is 37.5 Å². The van der Waals surface area contributed by atoms with Crippen LogP contribution in [0, 0.1) is 0 Å². The molecule has 29 heavy (non-hydrogen) atoms. The summed E-state index contributed by atoms with van der Waals surface area (Å²) in [4.78, 5) is 0. The summed E-state index contributed by atoms with van der Waals surface area (Å²) < 4.78 is 34.0. The van der Waals surface area contributed by atoms with Crippen molar-refractivity contribution < 1.29 is 23.2 Å². The number of halogens is 4. The summed E-state index contributed by atoms with van der Waals surface area (Å²) in [5, 5.41) is 19.8. The van der Waals surface area contributed by atoms with Crippen LogP contribution in [-0.4, -0.2) is 23.2 Å². The molecular formula is C19H12Cl4O5S. The first-order valence-electron chi connectivity index (χ1n) is 7.89. The van der Waals surface area contributed by atoms with Gasteiger partial charge in [0, 0.05) is 21.2 Å². The second-order valence-electron chi connectivity index (χ2n) is 6.09. The first-order chi connectivity index (χ1) is 13.5. The van der Waals surface area contributed by atoms with E-state index in [1.807, 2.05) is 0 Å². The molecule has 0 heterocycles. The molecule has 0 aliphatic heterocycles. The molecule has 0 amide bonds. The highest BCUT2D eigenvalue weighted by Crippen LogP contribution is 2.51. The molecule has 10 heteroatoms. The average molecular weight is 494 g/mol. The van der Waals surface area contributed by atoms with Gasteiger partial charge in [0.2, 0.25) is 0 Å². The molecule has 0 aromatic heterocycles. The van der Waals surface area contributed by atoms with Gasteiger partial charge in [0.15, 0.2) is 10.5 Å². The van der Waals surface area contributed by atoms with Gasteiger partial charge >= 0.3 is 0 Å². The maximum Gasteiger partial charge on any atom is 0.283 e. The molecule has 0 saturated carbocycles. The summed E-state index contributed by atoms with van der Waals surface area (Å²) in [6.07, 6.45) is 0. The van der Waals surface area contributed by atoms with Gasteiger partial charge in [-0.25, -0.2) is 0 Å². The lowest BCUT2D eigenvalue weighted by molar-refractivity contribution is 0.455. The zero-order chi connectivity index (χ0) is 21.6. The maximum atomic E-state index is 13.0. The van der Waals surface area contributed by atoms with E-state index >= 15 is 0 Å². The summed E-state index contributed by atoms with van der Waals surface area (Å²) >= 11 is 24.5. The van der Waals surface area contributed by atoms with Crippen LogP contribution in [0.4, 0.5) is 0 Å². The largest absolute Gasteiger partial charge is 0.508 e. The van der Waals surface area contributed by atoms with E-state index in [4.69, 9.17) is 46.4 Å². The van der Waals surface area contributed by atoms with E-state index in [1.165, 1.54) is 48.5 Å². The van der Waals surface area contributed by atoms with Gasteiger partial charge in [-0.05, 0) is 42.0 Å². The number of aromatic hydroxyl groups is 2. The van der Waals surface area contributed by atoms with Gasteiger partial charge in [0.25, 0.3) is 10.1 Å². The Morgan fingerprint density at radius 1 is 0.793 bits per heavy atom. The van der Waals surface area contributed by atoms with E-state index in [9.17, 15) is 23.2 Å². The van der Waals surface area contributed by atoms with Crippen LogP contribution in [0.25, 0.3) is 0 Å². The Hall–Kier alpha value is -1.67. The van der Waals surface area contributed by atoms with Crippen molar-refractivity contribution in [2.45, 2.75) is 4.75 Å². The zero-order valence-electron chi connectivity index (χ0n) is 14.3. The zero-order valence-corrected chi connectivity index (χ0v) is 18.1. The fourth-order valence-corrected chi connectivity index (χ4v) is 5.58. The third kappa shape index (κ3) is 3.65. The molecule has 0 spiro atoms. The number of hydrogen-bond acceptors (Lipinski definition) is 4. The fraction of sp³-hybridized carbons (Fsp3) is 0.0526. The van der Waals surface area contributed by atoms with Crippen LogP contribution in [0.5, 0.6) is 11.5 Å². The monoisotopic (exact) mass is 492 g/mol. The standard InChI is InChI=1S/C19H12Cl4O5S/c20-11-3-1-2-10(8-11)19(29(26,27)28,14-9-12(24)4-6-15(14)21)13-5-7-16(22)18(25)17(13)23/h1-9,24-25H,(H,26,27,28). The molecule has 1 unspecified atom stereocenters. The average Bonchev–Trinajstić information content (AvgIpc) is 2.64. The highest BCUT2D eigenvalue weighted by atomic mass is 35.5. The number of phenolic OH excluding ortho intramolecular Hbond substituents is 2. The van der Waals surface area contributed by atoms with E-state index in [0.717, 1.165) is 6.07 Å². The van der Waals surface area contributed by atoms with E-state index in [0.29, 0.717) is 0 Å². The van der Waals surface area contributed by atoms with Crippen LogP contribution >= 0.6 is 46.4 Å². The van der Waals surface area contributed by atoms with Gasteiger partial charge in [-0.2, -0.15) is 8.42 Å². The van der Waals surface area contributed by atoms with Gasteiger partial charge in [-0.15, -0.1) is 0 Å². The molecule has 152 valence electrons. The van der Waals surface area contributed by atoms with Crippen LogP contribution in [0.3, 0.4) is 0 Å². The molecule has 0 bridgehead atoms. The van der Waals surface area contributed by atoms with Gasteiger partial charge in [-0.1, -0.05) is 64.6 Å². The Morgan fingerprint density at radius 3 is 2.07 bits per heavy atom. The normalized spacial score (nSPS) is 13.8. The molecule has 3 rings (SSSR count). The Kier molecular flexibility index (Phi) is 5.98. The number of phenols is 2. The van der Waals surface area contributed by atoms with Crippen LogP contribution in [0.2, 0.25) is 20.1 Å². The molecule has 0 radical (unpaired) electrons. The minimum absolute atomic E-state index is 0.0244. The lowest BCUT2D eigenvalue weighted by Gasteiger charge is -2.34. The number of rotatable bonds is 4. The third-order valence-corrected chi connectivity index (χ3v) is 7.10. The summed E-state index contributed by atoms with van der Waals surface area (Å²) in [7, 11) is -5.09. The molecule has 3 aromatic rings. The Balaban J connectivity index is 2.63. The number of hydrogen-bond donors (Lipinski definition) is 3. The van der Waals surface area contributed by atoms with Gasteiger partial charge in [-0.3, -0.25) is 4.55 Å². The minimum Gasteiger partial charge on any atom is -0.508 e. The summed E-state index contributed by atoms with van der Waals surface area (Å²) in [5.74, 6) is -0.897. The molecule has 0 saturated heterocycles. The van der Waals surface area contributed by atoms with Crippen LogP contribution in [0.1, 0.15) is 16.7 Å². The molecule has 0 aliphatic rings. The molecular weight excluding hydrogens is 482 g/mol. The third-order valence-electron chi connectivity index (χ3n) is 4.39. The SMILES string of the molecule is O=S(=O)(O)C(c1cccc(Cl)c1)(c1cc(O)ccc1Cl)c1ccc(Cl)c(O)c1Cl. The lowest BCUT2D eigenvalue weighted by Crippen LogP contribution is -2.39. The number of benzene rings is 3. The van der Waals surface area contributed by atoms with Crippen molar-refractivity contribution in [3.05, 3.63) is 91.4 Å². The van der Waals surface area contributed by atoms with Crippen molar-refractivity contribution in [2.24, 2.45) is 0 Å². The molecule has 0 fully saturated rings. The second-order valence-corrected chi connectivity index (χ2v) is 9.28. The Labute approximate surface area is 186 Å². The molecule has 1 atom stereocenters. The quantitative estimate of drug-likeness (QED) is 0.311. The van der Waals surface area contributed by atoms with Gasteiger partial charge < -0.3 is 10.2 Å². The van der Waals surface area contributed by atoms with Crippen LogP contribution < -0.4 is 0 Å². The van der Waals surface area contributed by atoms with E-state index < -0.39 is 25.6 Å². The Morgan fingerprint density at radius 2 is 1.45 bits per heavy atom. The molecule has 3 N–H and O–H groups in total. The smallest absolute Gasteiger partial charge is 0.283 e. The fourth-order valence-electron chi connectivity index (χ4n) is 3.19. The summed E-state index contributed by atoms with van der Waals surface area (Å²) in [6.45, 7) is 0. The maximum absolute atomic E-state index is 13.0. The van der Waals surface area contributed by atoms with Crippen molar-refractivity contribution in [3.63, 3.8) is 0 Å². The predicted octanol–water partition coefficient (Wildman–Crippen LogP) is 5.89. The predicted molar refractivity (Wildman–Crippen MR) is 114 cm³/mol. The molecule has 3 aromatic carbocycles. The second kappa shape index (κ2) is 7.87. The van der Waals surface area contributed by atoms with E-state index in [2.05, 4.69) is 0 Å². The Bertz CT molecular complexity index is 1210. The highest BCUT2D eigenvalue weighted by Gasteiger charge is 2.51. The molecule has 0 aliphatic carbocycles. The highest BCUT2D eigenvalue weighted by molar-refractivity contribution is 7.87. The van der Waals surface area contributed by atoms with Crippen LogP contribution in [0.15, 0.2) is 54.6 Å². The first kappa shape index (κ1) is 22.0. The lowest BCUT2D eigenvalue weighted by atomic mass is 9.83. The van der Waals surface area contributed by atoms with Crippen molar-refractivity contribution in [3.8, 4) is 11.5 Å². The topological polar surface area (TPSA) is 94.8 Å². The van der Waals surface area contributed by atoms with Gasteiger partial charge in [0.05, 0.1) is 10.0 Å². The summed E-state index contributed by atoms with van der Waals surface area (Å²) in [5.41, 5.74) is -0.463. The first-order valence-corrected chi connectivity index (χ1v) is 10.8. The van der Waals surface area contributed by atoms with Crippen LogP contribution in [-0.2, 0) is 14.9 Å².